The van der Waals surface area contributed by atoms with Gasteiger partial charge in [0.1, 0.15) is 5.75 Å². The van der Waals surface area contributed by atoms with E-state index in [4.69, 9.17) is 0 Å². The molecule has 5 heteroatoms. The van der Waals surface area contributed by atoms with E-state index in [1.165, 1.54) is 6.42 Å². The number of H-pyrrole nitrogens is 1. The zero-order chi connectivity index (χ0) is 12.7. The molecule has 1 unspecified atom stereocenters. The van der Waals surface area contributed by atoms with Crippen LogP contribution in [-0.2, 0) is 6.54 Å². The van der Waals surface area contributed by atoms with Gasteiger partial charge in [-0.15, -0.1) is 0 Å². The van der Waals surface area contributed by atoms with E-state index in [-0.39, 0.29) is 11.4 Å². The molecule has 0 radical (unpaired) electrons. The maximum absolute atomic E-state index is 12.0. The molecule has 2 N–H and O–H groups in total. The first-order valence-electron chi connectivity index (χ1n) is 6.27. The number of rotatable bonds is 2. The van der Waals surface area contributed by atoms with Crippen molar-refractivity contribution in [2.45, 2.75) is 25.4 Å². The molecule has 18 heavy (non-hydrogen) atoms. The Bertz CT molecular complexity index is 629. The number of nitrogens with one attached hydrogen (secondary N) is 1. The fourth-order valence-corrected chi connectivity index (χ4v) is 2.75. The molecule has 2 heterocycles. The lowest BCUT2D eigenvalue weighted by Crippen LogP contribution is -2.32. The van der Waals surface area contributed by atoms with E-state index < -0.39 is 0 Å². The van der Waals surface area contributed by atoms with Crippen LogP contribution in [0.5, 0.6) is 5.75 Å². The van der Waals surface area contributed by atoms with Crippen LogP contribution < -0.4 is 5.69 Å². The maximum Gasteiger partial charge on any atom is 0.326 e. The average Bonchev–Trinajstić information content (AvgIpc) is 2.85. The molecule has 1 aromatic heterocycles. The predicted octanol–water partition coefficient (Wildman–Crippen LogP) is 1.13. The lowest BCUT2D eigenvalue weighted by molar-refractivity contribution is 0.282. The van der Waals surface area contributed by atoms with Crippen LogP contribution in [0.3, 0.4) is 0 Å². The lowest BCUT2D eigenvalue weighted by atomic mass is 10.2. The van der Waals surface area contributed by atoms with Crippen LogP contribution in [0.1, 0.15) is 12.8 Å². The van der Waals surface area contributed by atoms with Crippen LogP contribution in [0.25, 0.3) is 11.0 Å². The van der Waals surface area contributed by atoms with Gasteiger partial charge in [0.05, 0.1) is 11.0 Å². The number of aromatic amines is 1. The van der Waals surface area contributed by atoms with E-state index in [0.29, 0.717) is 18.1 Å². The molecule has 2 aromatic rings. The molecule has 0 bridgehead atoms. The van der Waals surface area contributed by atoms with Crippen LogP contribution in [-0.4, -0.2) is 39.2 Å². The topological polar surface area (TPSA) is 61.3 Å². The molecular weight excluding hydrogens is 230 g/mol. The van der Waals surface area contributed by atoms with E-state index in [2.05, 4.69) is 16.9 Å². The normalized spacial score (nSPS) is 20.8. The van der Waals surface area contributed by atoms with E-state index in [1.807, 2.05) is 0 Å². The van der Waals surface area contributed by atoms with E-state index in [1.54, 1.807) is 22.8 Å². The van der Waals surface area contributed by atoms with Crippen LogP contribution >= 0.6 is 0 Å². The second kappa shape index (κ2) is 4.17. The van der Waals surface area contributed by atoms with Crippen molar-refractivity contribution in [2.24, 2.45) is 0 Å². The van der Waals surface area contributed by atoms with E-state index >= 15 is 0 Å². The summed E-state index contributed by atoms with van der Waals surface area (Å²) in [6, 6.07) is 5.42. The van der Waals surface area contributed by atoms with Crippen LogP contribution in [0.4, 0.5) is 0 Å². The van der Waals surface area contributed by atoms with Gasteiger partial charge in [0, 0.05) is 18.7 Å². The highest BCUT2D eigenvalue weighted by Gasteiger charge is 2.22. The summed E-state index contributed by atoms with van der Waals surface area (Å²) in [5.41, 5.74) is 1.45. The van der Waals surface area contributed by atoms with E-state index in [9.17, 15) is 9.90 Å². The first-order chi connectivity index (χ1) is 8.65. The summed E-state index contributed by atoms with van der Waals surface area (Å²) < 4.78 is 1.77. The summed E-state index contributed by atoms with van der Waals surface area (Å²) in [4.78, 5) is 17.0. The van der Waals surface area contributed by atoms with Crippen molar-refractivity contribution >= 4 is 11.0 Å². The van der Waals surface area contributed by atoms with Crippen molar-refractivity contribution in [3.05, 3.63) is 28.7 Å². The Balaban J connectivity index is 2.01. The molecule has 0 saturated carbocycles. The highest BCUT2D eigenvalue weighted by atomic mass is 16.3. The van der Waals surface area contributed by atoms with Gasteiger partial charge in [0.25, 0.3) is 0 Å². The second-order valence-electron chi connectivity index (χ2n) is 5.02. The second-order valence-corrected chi connectivity index (χ2v) is 5.02. The van der Waals surface area contributed by atoms with Gasteiger partial charge < -0.3 is 15.0 Å². The molecule has 96 valence electrons. The third-order valence-corrected chi connectivity index (χ3v) is 3.82. The lowest BCUT2D eigenvalue weighted by Gasteiger charge is -2.19. The van der Waals surface area contributed by atoms with Crippen molar-refractivity contribution < 1.29 is 5.11 Å². The van der Waals surface area contributed by atoms with Crippen LogP contribution in [0, 0.1) is 0 Å². The number of likely N-dealkylation sites (tertiary alicyclic amines) is 1. The highest BCUT2D eigenvalue weighted by Crippen LogP contribution is 2.20. The smallest absolute Gasteiger partial charge is 0.326 e. The fraction of sp³-hybridized carbons (Fsp3) is 0.462. The number of aromatic hydroxyl groups is 1. The quantitative estimate of drug-likeness (QED) is 0.836. The number of imidazole rings is 1. The fourth-order valence-electron chi connectivity index (χ4n) is 2.75. The molecule has 1 aliphatic rings. The largest absolute Gasteiger partial charge is 0.508 e. The summed E-state index contributed by atoms with van der Waals surface area (Å²) in [7, 11) is 2.10. The van der Waals surface area contributed by atoms with E-state index in [0.717, 1.165) is 18.5 Å². The SMILES string of the molecule is CN1CCCC1Cn1c(=O)[nH]c2cc(O)ccc21. The number of phenolic OH excluding ortho intramolecular Hbond substituents is 1. The molecule has 1 aliphatic heterocycles. The van der Waals surface area contributed by atoms with Gasteiger partial charge in [0.2, 0.25) is 0 Å². The molecule has 1 saturated heterocycles. The summed E-state index contributed by atoms with van der Waals surface area (Å²) >= 11 is 0. The monoisotopic (exact) mass is 247 g/mol. The number of fused-ring (bicyclic) bond motifs is 1. The Morgan fingerprint density at radius 2 is 2.33 bits per heavy atom. The van der Waals surface area contributed by atoms with Gasteiger partial charge in [0.15, 0.2) is 0 Å². The minimum absolute atomic E-state index is 0.101. The van der Waals surface area contributed by atoms with Gasteiger partial charge >= 0.3 is 5.69 Å². The number of aromatic nitrogens is 2. The summed E-state index contributed by atoms with van der Waals surface area (Å²) in [5, 5.41) is 9.42. The summed E-state index contributed by atoms with van der Waals surface area (Å²) in [6.07, 6.45) is 2.33. The highest BCUT2D eigenvalue weighted by molar-refractivity contribution is 5.76. The van der Waals surface area contributed by atoms with Crippen molar-refractivity contribution in [1.29, 1.82) is 0 Å². The molecule has 0 aliphatic carbocycles. The Morgan fingerprint density at radius 3 is 3.06 bits per heavy atom. The Morgan fingerprint density at radius 1 is 1.50 bits per heavy atom. The van der Waals surface area contributed by atoms with Crippen LogP contribution in [0.15, 0.2) is 23.0 Å². The summed E-state index contributed by atoms with van der Waals surface area (Å²) in [6.45, 7) is 1.81. The molecule has 1 fully saturated rings. The molecule has 0 spiro atoms. The summed E-state index contributed by atoms with van der Waals surface area (Å²) in [5.74, 6) is 0.175. The molecule has 3 rings (SSSR count). The van der Waals surface area contributed by atoms with Crippen molar-refractivity contribution in [3.63, 3.8) is 0 Å². The molecule has 5 nitrogen and oxygen atoms in total. The zero-order valence-corrected chi connectivity index (χ0v) is 10.4. The van der Waals surface area contributed by atoms with Gasteiger partial charge in [-0.2, -0.15) is 0 Å². The third kappa shape index (κ3) is 1.80. The molecule has 1 aromatic carbocycles. The Labute approximate surface area is 105 Å². The van der Waals surface area contributed by atoms with Gasteiger partial charge in [-0.1, -0.05) is 0 Å². The first-order valence-corrected chi connectivity index (χ1v) is 6.27. The average molecular weight is 247 g/mol. The van der Waals surface area contributed by atoms with Gasteiger partial charge in [-0.3, -0.25) is 4.57 Å². The van der Waals surface area contributed by atoms with Crippen molar-refractivity contribution in [1.82, 2.24) is 14.5 Å². The van der Waals surface area contributed by atoms with Gasteiger partial charge in [-0.05, 0) is 38.6 Å². The zero-order valence-electron chi connectivity index (χ0n) is 10.4. The van der Waals surface area contributed by atoms with Crippen molar-refractivity contribution in [2.75, 3.05) is 13.6 Å². The third-order valence-electron chi connectivity index (χ3n) is 3.82. The number of likely N-dealkylation sites (N-methyl/N-ethyl adjacent to an activating group) is 1. The Hall–Kier alpha value is -1.75. The minimum Gasteiger partial charge on any atom is -0.508 e. The number of phenols is 1. The maximum atomic E-state index is 12.0. The van der Waals surface area contributed by atoms with Gasteiger partial charge in [-0.25, -0.2) is 4.79 Å². The predicted molar refractivity (Wildman–Crippen MR) is 69.9 cm³/mol. The number of benzene rings is 1. The molecule has 1 atom stereocenters. The first kappa shape index (κ1) is 11.3. The molecular formula is C13H17N3O2. The molecule has 0 amide bonds. The van der Waals surface area contributed by atoms with Crippen molar-refractivity contribution in [3.8, 4) is 5.75 Å². The number of hydrogen-bond acceptors (Lipinski definition) is 3. The minimum atomic E-state index is -0.101. The Kier molecular flexibility index (Phi) is 2.63. The van der Waals surface area contributed by atoms with Crippen LogP contribution in [0.2, 0.25) is 0 Å². The number of nitrogens with zero attached hydrogens (tertiary/aromatic N) is 2. The standard InChI is InChI=1S/C13H17N3O2/c1-15-6-2-3-9(15)8-16-12-5-4-10(17)7-11(12)14-13(16)18/h4-5,7,9,17H,2-3,6,8H2,1H3,(H,14,18). The number of hydrogen-bond donors (Lipinski definition) is 2.